The molecular weight excluding hydrogens is 526 g/mol. The van der Waals surface area contributed by atoms with Gasteiger partial charge >= 0.3 is 6.09 Å². The van der Waals surface area contributed by atoms with Crippen molar-refractivity contribution in [1.82, 2.24) is 5.32 Å². The summed E-state index contributed by atoms with van der Waals surface area (Å²) in [4.78, 5) is 12.3. The third-order valence-corrected chi connectivity index (χ3v) is 6.66. The van der Waals surface area contributed by atoms with Gasteiger partial charge in [0.25, 0.3) is 0 Å². The number of ether oxygens (including phenoxy) is 1. The normalized spacial score (nSPS) is 14.5. The molecule has 0 bridgehead atoms. The van der Waals surface area contributed by atoms with E-state index in [4.69, 9.17) is 4.74 Å². The highest BCUT2D eigenvalue weighted by Gasteiger charge is 2.29. The Balaban J connectivity index is 1.35. The third-order valence-electron chi connectivity index (χ3n) is 5.44. The number of nitrogens with one attached hydrogen (secondary N) is 1. The Kier molecular flexibility index (Phi) is 6.77. The summed E-state index contributed by atoms with van der Waals surface area (Å²) >= 11 is 6.71. The Bertz CT molecular complexity index is 1060. The van der Waals surface area contributed by atoms with Gasteiger partial charge in [-0.1, -0.05) is 80.4 Å². The van der Waals surface area contributed by atoms with Gasteiger partial charge in [-0.2, -0.15) is 0 Å². The topological polar surface area (TPSA) is 78.8 Å². The molecule has 0 heterocycles. The van der Waals surface area contributed by atoms with E-state index in [1.54, 1.807) is 12.1 Å². The van der Waals surface area contributed by atoms with Crippen molar-refractivity contribution < 1.29 is 19.7 Å². The summed E-state index contributed by atoms with van der Waals surface area (Å²) in [5, 5.41) is 23.3. The van der Waals surface area contributed by atoms with Crippen LogP contribution in [-0.2, 0) is 4.74 Å². The molecule has 0 spiro atoms. The molecule has 4 rings (SSSR count). The summed E-state index contributed by atoms with van der Waals surface area (Å²) < 4.78 is 6.91. The molecule has 160 valence electrons. The van der Waals surface area contributed by atoms with Crippen LogP contribution in [0, 0.1) is 0 Å². The molecule has 3 aromatic rings. The van der Waals surface area contributed by atoms with Crippen LogP contribution < -0.4 is 5.32 Å². The predicted molar refractivity (Wildman–Crippen MR) is 126 cm³/mol. The van der Waals surface area contributed by atoms with E-state index >= 15 is 0 Å². The largest absolute Gasteiger partial charge is 0.449 e. The summed E-state index contributed by atoms with van der Waals surface area (Å²) in [6.45, 7) is 0.0481. The fourth-order valence-corrected chi connectivity index (χ4v) is 4.76. The zero-order valence-corrected chi connectivity index (χ0v) is 19.6. The number of rotatable bonds is 6. The number of amides is 1. The smallest absolute Gasteiger partial charge is 0.407 e. The Morgan fingerprint density at radius 3 is 2.23 bits per heavy atom. The highest BCUT2D eigenvalue weighted by Crippen LogP contribution is 2.44. The lowest BCUT2D eigenvalue weighted by Gasteiger charge is -2.20. The van der Waals surface area contributed by atoms with Crippen LogP contribution in [0.15, 0.2) is 75.7 Å². The first-order valence-electron chi connectivity index (χ1n) is 9.85. The van der Waals surface area contributed by atoms with E-state index in [0.717, 1.165) is 26.7 Å². The van der Waals surface area contributed by atoms with Gasteiger partial charge < -0.3 is 20.3 Å². The average Bonchev–Trinajstić information content (AvgIpc) is 3.11. The van der Waals surface area contributed by atoms with E-state index in [0.29, 0.717) is 10.0 Å². The van der Waals surface area contributed by atoms with Crippen LogP contribution in [0.3, 0.4) is 0 Å². The Hall–Kier alpha value is -2.19. The number of aliphatic hydroxyl groups excluding tert-OH is 2. The van der Waals surface area contributed by atoms with Gasteiger partial charge in [-0.05, 0) is 46.0 Å². The van der Waals surface area contributed by atoms with Gasteiger partial charge in [0, 0.05) is 21.4 Å². The van der Waals surface area contributed by atoms with Crippen molar-refractivity contribution in [3.63, 3.8) is 0 Å². The van der Waals surface area contributed by atoms with Crippen LogP contribution in [0.4, 0.5) is 4.79 Å². The summed E-state index contributed by atoms with van der Waals surface area (Å²) in [7, 11) is 0. The van der Waals surface area contributed by atoms with Gasteiger partial charge in [0.05, 0.1) is 0 Å². The van der Waals surface area contributed by atoms with E-state index in [9.17, 15) is 15.0 Å². The number of carbonyl (C=O) groups is 1. The number of fused-ring (bicyclic) bond motifs is 3. The van der Waals surface area contributed by atoms with Gasteiger partial charge in [0.2, 0.25) is 0 Å². The number of hydrogen-bond acceptors (Lipinski definition) is 4. The van der Waals surface area contributed by atoms with Gasteiger partial charge in [-0.3, -0.25) is 0 Å². The van der Waals surface area contributed by atoms with Crippen LogP contribution in [0.2, 0.25) is 0 Å². The maximum Gasteiger partial charge on any atom is 0.407 e. The number of benzene rings is 3. The summed E-state index contributed by atoms with van der Waals surface area (Å²) in [5.74, 6) is -0.0358. The second kappa shape index (κ2) is 9.53. The first-order chi connectivity index (χ1) is 15.0. The summed E-state index contributed by atoms with van der Waals surface area (Å²) in [5.41, 5.74) is 5.10. The van der Waals surface area contributed by atoms with Crippen molar-refractivity contribution in [3.8, 4) is 11.1 Å². The van der Waals surface area contributed by atoms with E-state index in [2.05, 4.69) is 61.4 Å². The first-order valence-corrected chi connectivity index (χ1v) is 11.4. The third kappa shape index (κ3) is 4.70. The molecule has 0 aliphatic heterocycles. The molecule has 0 saturated heterocycles. The molecule has 0 radical (unpaired) electrons. The van der Waals surface area contributed by atoms with Crippen molar-refractivity contribution in [2.45, 2.75) is 18.1 Å². The number of carbonyl (C=O) groups excluding carboxylic acids is 1. The van der Waals surface area contributed by atoms with E-state index in [1.165, 1.54) is 0 Å². The van der Waals surface area contributed by atoms with Gasteiger partial charge in [-0.15, -0.1) is 0 Å². The fraction of sp³-hybridized carbons (Fsp3) is 0.208. The van der Waals surface area contributed by atoms with Crippen LogP contribution in [-0.4, -0.2) is 35.6 Å². The van der Waals surface area contributed by atoms with Crippen LogP contribution in [0.5, 0.6) is 0 Å². The lowest BCUT2D eigenvalue weighted by atomic mass is 9.98. The van der Waals surface area contributed by atoms with Crippen molar-refractivity contribution in [2.24, 2.45) is 0 Å². The molecule has 0 aromatic heterocycles. The summed E-state index contributed by atoms with van der Waals surface area (Å²) in [6, 6.07) is 21.5. The Morgan fingerprint density at radius 1 is 0.968 bits per heavy atom. The minimum absolute atomic E-state index is 0.0358. The monoisotopic (exact) mass is 545 g/mol. The minimum atomic E-state index is -1.19. The fourth-order valence-electron chi connectivity index (χ4n) is 3.90. The SMILES string of the molecule is O=C(NCC(O)C(O)c1cc(Br)ccc1Br)OCC1c2ccccc2-c2ccccc21. The van der Waals surface area contributed by atoms with E-state index in [1.807, 2.05) is 30.3 Å². The Morgan fingerprint density at radius 2 is 1.58 bits per heavy atom. The molecule has 3 N–H and O–H groups in total. The molecule has 0 saturated carbocycles. The van der Waals surface area contributed by atoms with E-state index in [-0.39, 0.29) is 19.1 Å². The zero-order valence-electron chi connectivity index (χ0n) is 16.5. The van der Waals surface area contributed by atoms with Crippen LogP contribution >= 0.6 is 31.9 Å². The van der Waals surface area contributed by atoms with E-state index < -0.39 is 18.3 Å². The van der Waals surface area contributed by atoms with Crippen LogP contribution in [0.25, 0.3) is 11.1 Å². The molecule has 7 heteroatoms. The zero-order chi connectivity index (χ0) is 22.0. The lowest BCUT2D eigenvalue weighted by molar-refractivity contribution is 0.0181. The standard InChI is InChI=1S/C24H21Br2NO4/c25-14-9-10-21(26)19(11-14)23(29)22(28)12-27-24(30)31-13-20-17-7-3-1-5-15(17)16-6-2-4-8-18(16)20/h1-11,20,22-23,28-29H,12-13H2,(H,27,30). The highest BCUT2D eigenvalue weighted by atomic mass is 79.9. The molecular formula is C24H21Br2NO4. The molecule has 1 amide bonds. The van der Waals surface area contributed by atoms with Crippen molar-refractivity contribution >= 4 is 38.0 Å². The molecule has 2 atom stereocenters. The second-order valence-electron chi connectivity index (χ2n) is 7.38. The number of halogens is 2. The first kappa shape index (κ1) is 22.0. The van der Waals surface area contributed by atoms with Gasteiger partial charge in [0.1, 0.15) is 18.8 Å². The lowest BCUT2D eigenvalue weighted by Crippen LogP contribution is -2.36. The number of alkyl carbamates (subject to hydrolysis) is 1. The Labute approximate surface area is 197 Å². The number of aliphatic hydroxyl groups is 2. The molecule has 1 aliphatic rings. The molecule has 2 unspecified atom stereocenters. The maximum absolute atomic E-state index is 12.3. The minimum Gasteiger partial charge on any atom is -0.449 e. The summed E-state index contributed by atoms with van der Waals surface area (Å²) in [6.07, 6.45) is -2.99. The molecule has 5 nitrogen and oxygen atoms in total. The average molecular weight is 547 g/mol. The second-order valence-corrected chi connectivity index (χ2v) is 9.15. The van der Waals surface area contributed by atoms with Crippen molar-refractivity contribution in [1.29, 1.82) is 0 Å². The molecule has 0 fully saturated rings. The molecule has 3 aromatic carbocycles. The van der Waals surface area contributed by atoms with Crippen molar-refractivity contribution in [2.75, 3.05) is 13.2 Å². The number of hydrogen-bond donors (Lipinski definition) is 3. The van der Waals surface area contributed by atoms with Gasteiger partial charge in [-0.25, -0.2) is 4.79 Å². The predicted octanol–water partition coefficient (Wildman–Crippen LogP) is 5.14. The molecule has 31 heavy (non-hydrogen) atoms. The van der Waals surface area contributed by atoms with Gasteiger partial charge in [0.15, 0.2) is 0 Å². The maximum atomic E-state index is 12.3. The quantitative estimate of drug-likeness (QED) is 0.400. The van der Waals surface area contributed by atoms with Crippen LogP contribution in [0.1, 0.15) is 28.7 Å². The molecule has 1 aliphatic carbocycles. The highest BCUT2D eigenvalue weighted by molar-refractivity contribution is 9.11. The van der Waals surface area contributed by atoms with Crippen molar-refractivity contribution in [3.05, 3.63) is 92.4 Å².